The van der Waals surface area contributed by atoms with Gasteiger partial charge in [0.1, 0.15) is 0 Å². The molecule has 0 aromatic heterocycles. The van der Waals surface area contributed by atoms with Gasteiger partial charge in [-0.15, -0.1) is 0 Å². The second kappa shape index (κ2) is 9.09. The number of nitrogens with one attached hydrogen (secondary N) is 3. The number of amides is 3. The van der Waals surface area contributed by atoms with Crippen LogP contribution in [-0.4, -0.2) is 31.2 Å². The monoisotopic (exact) mass is 393 g/mol. The largest absolute Gasteiger partial charge is 0.376 e. The van der Waals surface area contributed by atoms with Gasteiger partial charge in [-0.05, 0) is 86.1 Å². The van der Waals surface area contributed by atoms with E-state index in [2.05, 4.69) is 22.0 Å². The van der Waals surface area contributed by atoms with Gasteiger partial charge < -0.3 is 20.7 Å². The van der Waals surface area contributed by atoms with Crippen LogP contribution in [0.1, 0.15) is 47.2 Å². The van der Waals surface area contributed by atoms with Crippen molar-refractivity contribution in [1.82, 2.24) is 5.32 Å². The lowest BCUT2D eigenvalue weighted by molar-refractivity contribution is 0.102. The standard InChI is InChI=1S/C23H27N3O3/c27-22(18-8-7-16-4-1-2-5-17(16)14-18)25-19-9-11-20(12-10-19)26-23(28)24-15-21-6-3-13-29-21/h7-12,14,21H,1-6,13,15H2,(H,25,27)(H2,24,26,28). The predicted octanol–water partition coefficient (Wildman–Crippen LogP) is 4.12. The minimum absolute atomic E-state index is 0.113. The second-order valence-electron chi connectivity index (χ2n) is 7.69. The van der Waals surface area contributed by atoms with Crippen LogP contribution in [0, 0.1) is 0 Å². The molecule has 0 bridgehead atoms. The first-order valence-electron chi connectivity index (χ1n) is 10.4. The molecular formula is C23H27N3O3. The van der Waals surface area contributed by atoms with Gasteiger partial charge in [0.05, 0.1) is 6.10 Å². The van der Waals surface area contributed by atoms with Crippen molar-refractivity contribution < 1.29 is 14.3 Å². The van der Waals surface area contributed by atoms with Gasteiger partial charge >= 0.3 is 6.03 Å². The molecule has 1 heterocycles. The molecule has 0 spiro atoms. The summed E-state index contributed by atoms with van der Waals surface area (Å²) in [7, 11) is 0. The molecule has 1 unspecified atom stereocenters. The molecule has 4 rings (SSSR count). The maximum atomic E-state index is 12.6. The summed E-state index contributed by atoms with van der Waals surface area (Å²) >= 11 is 0. The number of hydrogen-bond donors (Lipinski definition) is 3. The van der Waals surface area contributed by atoms with Crippen LogP contribution in [0.25, 0.3) is 0 Å². The number of benzene rings is 2. The molecule has 1 fully saturated rings. The van der Waals surface area contributed by atoms with Crippen LogP contribution in [0.5, 0.6) is 0 Å². The first kappa shape index (κ1) is 19.5. The summed E-state index contributed by atoms with van der Waals surface area (Å²) in [4.78, 5) is 24.6. The van der Waals surface area contributed by atoms with Gasteiger partial charge in [-0.2, -0.15) is 0 Å². The molecular weight excluding hydrogens is 366 g/mol. The van der Waals surface area contributed by atoms with Gasteiger partial charge in [0.2, 0.25) is 0 Å². The predicted molar refractivity (Wildman–Crippen MR) is 113 cm³/mol. The van der Waals surface area contributed by atoms with Crippen molar-refractivity contribution in [2.24, 2.45) is 0 Å². The fourth-order valence-electron chi connectivity index (χ4n) is 3.90. The highest BCUT2D eigenvalue weighted by atomic mass is 16.5. The molecule has 2 aromatic rings. The zero-order valence-corrected chi connectivity index (χ0v) is 16.5. The molecule has 1 saturated heterocycles. The third-order valence-electron chi connectivity index (χ3n) is 5.53. The highest BCUT2D eigenvalue weighted by molar-refractivity contribution is 6.04. The van der Waals surface area contributed by atoms with Crippen molar-refractivity contribution in [3.63, 3.8) is 0 Å². The minimum Gasteiger partial charge on any atom is -0.376 e. The maximum Gasteiger partial charge on any atom is 0.319 e. The molecule has 0 radical (unpaired) electrons. The normalized spacial score (nSPS) is 18.0. The Kier molecular flexibility index (Phi) is 6.10. The zero-order chi connectivity index (χ0) is 20.1. The second-order valence-corrected chi connectivity index (χ2v) is 7.69. The van der Waals surface area contributed by atoms with Crippen LogP contribution in [0.15, 0.2) is 42.5 Å². The average Bonchev–Trinajstić information content (AvgIpc) is 3.27. The molecule has 0 saturated carbocycles. The van der Waals surface area contributed by atoms with Crippen molar-refractivity contribution in [3.05, 3.63) is 59.2 Å². The molecule has 1 aliphatic heterocycles. The first-order valence-corrected chi connectivity index (χ1v) is 10.4. The van der Waals surface area contributed by atoms with Crippen molar-refractivity contribution >= 4 is 23.3 Å². The third kappa shape index (κ3) is 5.15. The quantitative estimate of drug-likeness (QED) is 0.715. The van der Waals surface area contributed by atoms with Gasteiger partial charge in [-0.25, -0.2) is 4.79 Å². The number of anilines is 2. The Morgan fingerprint density at radius 2 is 1.62 bits per heavy atom. The number of rotatable bonds is 5. The molecule has 3 N–H and O–H groups in total. The Morgan fingerprint density at radius 1 is 0.897 bits per heavy atom. The summed E-state index contributed by atoms with van der Waals surface area (Å²) in [6.07, 6.45) is 6.71. The maximum absolute atomic E-state index is 12.6. The van der Waals surface area contributed by atoms with E-state index in [1.807, 2.05) is 12.1 Å². The van der Waals surface area contributed by atoms with Crippen LogP contribution in [-0.2, 0) is 17.6 Å². The SMILES string of the molecule is O=C(NCC1CCCO1)Nc1ccc(NC(=O)c2ccc3c(c2)CCCC3)cc1. The Hall–Kier alpha value is -2.86. The van der Waals surface area contributed by atoms with E-state index in [-0.39, 0.29) is 18.0 Å². The number of fused-ring (bicyclic) bond motifs is 1. The summed E-state index contributed by atoms with van der Waals surface area (Å²) in [5.74, 6) is -0.117. The van der Waals surface area contributed by atoms with E-state index in [1.165, 1.54) is 24.0 Å². The lowest BCUT2D eigenvalue weighted by atomic mass is 9.90. The van der Waals surface area contributed by atoms with Gasteiger partial charge in [-0.1, -0.05) is 6.07 Å². The van der Waals surface area contributed by atoms with Crippen LogP contribution < -0.4 is 16.0 Å². The number of aryl methyl sites for hydroxylation is 2. The fraction of sp³-hybridized carbons (Fsp3) is 0.391. The van der Waals surface area contributed by atoms with E-state index in [0.717, 1.165) is 32.3 Å². The number of hydrogen-bond acceptors (Lipinski definition) is 3. The summed E-state index contributed by atoms with van der Waals surface area (Å²) in [5, 5.41) is 8.54. The number of carbonyl (C=O) groups is 2. The van der Waals surface area contributed by atoms with E-state index in [1.54, 1.807) is 24.3 Å². The van der Waals surface area contributed by atoms with Crippen LogP contribution >= 0.6 is 0 Å². The van der Waals surface area contributed by atoms with Gasteiger partial charge in [-0.3, -0.25) is 4.79 Å². The van der Waals surface area contributed by atoms with E-state index in [9.17, 15) is 9.59 Å². The smallest absolute Gasteiger partial charge is 0.319 e. The van der Waals surface area contributed by atoms with Gasteiger partial charge in [0, 0.05) is 30.1 Å². The van der Waals surface area contributed by atoms with Crippen molar-refractivity contribution in [2.75, 3.05) is 23.8 Å². The first-order chi connectivity index (χ1) is 14.2. The summed E-state index contributed by atoms with van der Waals surface area (Å²) in [6, 6.07) is 12.8. The molecule has 2 aliphatic rings. The topological polar surface area (TPSA) is 79.5 Å². The third-order valence-corrected chi connectivity index (χ3v) is 5.53. The van der Waals surface area contributed by atoms with Crippen molar-refractivity contribution in [3.8, 4) is 0 Å². The van der Waals surface area contributed by atoms with Crippen LogP contribution in [0.3, 0.4) is 0 Å². The molecule has 6 nitrogen and oxygen atoms in total. The molecule has 6 heteroatoms. The molecule has 2 aromatic carbocycles. The van der Waals surface area contributed by atoms with E-state index < -0.39 is 0 Å². The number of urea groups is 1. The average molecular weight is 393 g/mol. The molecule has 1 aliphatic carbocycles. The zero-order valence-electron chi connectivity index (χ0n) is 16.5. The Labute approximate surface area is 171 Å². The molecule has 3 amide bonds. The van der Waals surface area contributed by atoms with E-state index in [4.69, 9.17) is 4.74 Å². The molecule has 152 valence electrons. The summed E-state index contributed by atoms with van der Waals surface area (Å²) in [6.45, 7) is 1.29. The highest BCUT2D eigenvalue weighted by Crippen LogP contribution is 2.23. The van der Waals surface area contributed by atoms with Crippen LogP contribution in [0.2, 0.25) is 0 Å². The van der Waals surface area contributed by atoms with Crippen molar-refractivity contribution in [2.45, 2.75) is 44.6 Å². The Bertz CT molecular complexity index is 873. The lowest BCUT2D eigenvalue weighted by Gasteiger charge is -2.16. The van der Waals surface area contributed by atoms with E-state index >= 15 is 0 Å². The molecule has 29 heavy (non-hydrogen) atoms. The summed E-state index contributed by atoms with van der Waals surface area (Å²) in [5.41, 5.74) is 4.69. The Morgan fingerprint density at radius 3 is 2.34 bits per heavy atom. The number of ether oxygens (including phenoxy) is 1. The molecule has 1 atom stereocenters. The van der Waals surface area contributed by atoms with E-state index in [0.29, 0.717) is 23.5 Å². The Balaban J connectivity index is 1.29. The van der Waals surface area contributed by atoms with Gasteiger partial charge in [0.15, 0.2) is 0 Å². The summed E-state index contributed by atoms with van der Waals surface area (Å²) < 4.78 is 5.49. The highest BCUT2D eigenvalue weighted by Gasteiger charge is 2.16. The minimum atomic E-state index is -0.258. The fourth-order valence-corrected chi connectivity index (χ4v) is 3.90. The van der Waals surface area contributed by atoms with Gasteiger partial charge in [0.25, 0.3) is 5.91 Å². The lowest BCUT2D eigenvalue weighted by Crippen LogP contribution is -2.35. The van der Waals surface area contributed by atoms with Crippen LogP contribution in [0.4, 0.5) is 16.2 Å². The van der Waals surface area contributed by atoms with Crippen molar-refractivity contribution in [1.29, 1.82) is 0 Å². The number of carbonyl (C=O) groups excluding carboxylic acids is 2.